The Hall–Kier alpha value is -1.10. The molecule has 1 saturated carbocycles. The van der Waals surface area contributed by atoms with Gasteiger partial charge in [0.05, 0.1) is 6.04 Å². The average Bonchev–Trinajstić information content (AvgIpc) is 2.83. The number of nitrogens with one attached hydrogen (secondary N) is 2. The summed E-state index contributed by atoms with van der Waals surface area (Å²) in [6, 6.07) is 9.01. The lowest BCUT2D eigenvalue weighted by Crippen LogP contribution is -2.45. The number of amides is 1. The number of likely N-dealkylation sites (tertiary alicyclic amines) is 1. The van der Waals surface area contributed by atoms with Crippen LogP contribution in [-0.2, 0) is 11.3 Å². The maximum Gasteiger partial charge on any atom is 0.237 e. The molecule has 0 spiro atoms. The first-order valence-electron chi connectivity index (χ1n) is 10.6. The molecule has 5 heteroatoms. The molecule has 2 N–H and O–H groups in total. The van der Waals surface area contributed by atoms with E-state index in [1.165, 1.54) is 38.5 Å². The van der Waals surface area contributed by atoms with E-state index in [2.05, 4.69) is 21.6 Å². The van der Waals surface area contributed by atoms with Gasteiger partial charge in [-0.2, -0.15) is 0 Å². The van der Waals surface area contributed by atoms with Gasteiger partial charge >= 0.3 is 0 Å². The molecule has 0 radical (unpaired) electrons. The Bertz CT molecular complexity index is 613. The van der Waals surface area contributed by atoms with Crippen molar-refractivity contribution in [1.82, 2.24) is 15.5 Å². The average molecular weight is 392 g/mol. The van der Waals surface area contributed by atoms with E-state index < -0.39 is 0 Å². The number of hydrogen-bond acceptors (Lipinski definition) is 3. The van der Waals surface area contributed by atoms with Gasteiger partial charge in [-0.25, -0.2) is 0 Å². The standard InChI is InChI=1S/C22H34ClN3O/c1-16(2)24-22(27)21-13-19(25-18-10-5-3-4-6-11-18)15-26(21)14-17-9-7-8-12-20(17)23/h7-9,12,16,18-19,21,25H,3-6,10-11,13-15H2,1-2H3,(H,24,27)/t19-,21-/m0/s1. The summed E-state index contributed by atoms with van der Waals surface area (Å²) < 4.78 is 0. The Morgan fingerprint density at radius 1 is 1.15 bits per heavy atom. The van der Waals surface area contributed by atoms with Gasteiger partial charge in [-0.1, -0.05) is 55.5 Å². The molecule has 1 aromatic rings. The number of halogens is 1. The molecule has 1 saturated heterocycles. The van der Waals surface area contributed by atoms with Crippen LogP contribution >= 0.6 is 11.6 Å². The molecule has 4 nitrogen and oxygen atoms in total. The summed E-state index contributed by atoms with van der Waals surface area (Å²) in [5.41, 5.74) is 1.09. The van der Waals surface area contributed by atoms with Gasteiger partial charge in [0.15, 0.2) is 0 Å². The van der Waals surface area contributed by atoms with Crippen molar-refractivity contribution in [3.63, 3.8) is 0 Å². The molecule has 27 heavy (non-hydrogen) atoms. The summed E-state index contributed by atoms with van der Waals surface area (Å²) in [6.07, 6.45) is 8.78. The van der Waals surface area contributed by atoms with Gasteiger partial charge < -0.3 is 10.6 Å². The van der Waals surface area contributed by atoms with Crippen LogP contribution < -0.4 is 10.6 Å². The molecule has 3 rings (SSSR count). The first-order chi connectivity index (χ1) is 13.0. The second-order valence-electron chi connectivity index (χ2n) is 8.49. The second kappa shape index (κ2) is 9.90. The number of carbonyl (C=O) groups excluding carboxylic acids is 1. The number of hydrogen-bond donors (Lipinski definition) is 2. The van der Waals surface area contributed by atoms with Crippen molar-refractivity contribution < 1.29 is 4.79 Å². The lowest BCUT2D eigenvalue weighted by molar-refractivity contribution is -0.126. The van der Waals surface area contributed by atoms with Gasteiger partial charge in [0, 0.05) is 36.2 Å². The maximum absolute atomic E-state index is 12.8. The summed E-state index contributed by atoms with van der Waals surface area (Å²) in [5.74, 6) is 0.141. The van der Waals surface area contributed by atoms with E-state index in [9.17, 15) is 4.79 Å². The minimum Gasteiger partial charge on any atom is -0.353 e. The summed E-state index contributed by atoms with van der Waals surface area (Å²) in [7, 11) is 0. The molecule has 1 heterocycles. The zero-order valence-electron chi connectivity index (χ0n) is 16.7. The zero-order valence-corrected chi connectivity index (χ0v) is 17.5. The second-order valence-corrected chi connectivity index (χ2v) is 8.89. The molecule has 0 aromatic heterocycles. The molecule has 150 valence electrons. The normalized spacial score (nSPS) is 24.9. The van der Waals surface area contributed by atoms with Gasteiger partial charge in [0.1, 0.15) is 0 Å². The van der Waals surface area contributed by atoms with Crippen LogP contribution in [0, 0.1) is 0 Å². The van der Waals surface area contributed by atoms with Gasteiger partial charge in [0.25, 0.3) is 0 Å². The van der Waals surface area contributed by atoms with Crippen LogP contribution in [0.4, 0.5) is 0 Å². The number of carbonyl (C=O) groups is 1. The fourth-order valence-corrected chi connectivity index (χ4v) is 4.67. The Kier molecular flexibility index (Phi) is 7.57. The van der Waals surface area contributed by atoms with Gasteiger partial charge in [-0.3, -0.25) is 9.69 Å². The van der Waals surface area contributed by atoms with Crippen LogP contribution in [-0.4, -0.2) is 41.5 Å². The van der Waals surface area contributed by atoms with E-state index in [0.29, 0.717) is 12.1 Å². The highest BCUT2D eigenvalue weighted by Crippen LogP contribution is 2.26. The molecule has 2 aliphatic rings. The number of nitrogens with zero attached hydrogens (tertiary/aromatic N) is 1. The summed E-state index contributed by atoms with van der Waals surface area (Å²) in [4.78, 5) is 15.1. The smallest absolute Gasteiger partial charge is 0.237 e. The number of benzene rings is 1. The van der Waals surface area contributed by atoms with Gasteiger partial charge in [-0.15, -0.1) is 0 Å². The molecular formula is C22H34ClN3O. The highest BCUT2D eigenvalue weighted by atomic mass is 35.5. The molecule has 2 atom stereocenters. The predicted molar refractivity (Wildman–Crippen MR) is 112 cm³/mol. The third kappa shape index (κ3) is 5.94. The molecule has 2 fully saturated rings. The van der Waals surface area contributed by atoms with Crippen LogP contribution in [0.25, 0.3) is 0 Å². The van der Waals surface area contributed by atoms with Crippen molar-refractivity contribution in [2.75, 3.05) is 6.54 Å². The Labute approximate surface area is 169 Å². The molecule has 0 unspecified atom stereocenters. The predicted octanol–water partition coefficient (Wildman–Crippen LogP) is 4.12. The van der Waals surface area contributed by atoms with Gasteiger partial charge in [-0.05, 0) is 44.7 Å². The molecule has 1 aliphatic carbocycles. The lowest BCUT2D eigenvalue weighted by atomic mass is 10.1. The minimum atomic E-state index is -0.0908. The van der Waals surface area contributed by atoms with Crippen LogP contribution in [0.1, 0.15) is 64.4 Å². The fourth-order valence-electron chi connectivity index (χ4n) is 4.48. The minimum absolute atomic E-state index is 0.0908. The first kappa shape index (κ1) is 20.6. The third-order valence-corrected chi connectivity index (χ3v) is 6.16. The highest BCUT2D eigenvalue weighted by Gasteiger charge is 2.37. The van der Waals surface area contributed by atoms with Crippen LogP contribution in [0.3, 0.4) is 0 Å². The van der Waals surface area contributed by atoms with Gasteiger partial charge in [0.2, 0.25) is 5.91 Å². The quantitative estimate of drug-likeness (QED) is 0.717. The molecule has 1 amide bonds. The van der Waals surface area contributed by atoms with E-state index in [-0.39, 0.29) is 18.0 Å². The zero-order chi connectivity index (χ0) is 19.2. The third-order valence-electron chi connectivity index (χ3n) is 5.79. The summed E-state index contributed by atoms with van der Waals surface area (Å²) >= 11 is 6.38. The van der Waals surface area contributed by atoms with Crippen molar-refractivity contribution in [1.29, 1.82) is 0 Å². The Balaban J connectivity index is 1.68. The number of rotatable bonds is 6. The molecular weight excluding hydrogens is 358 g/mol. The van der Waals surface area contributed by atoms with Crippen molar-refractivity contribution in [2.45, 2.75) is 89.5 Å². The lowest BCUT2D eigenvalue weighted by Gasteiger charge is -2.25. The Morgan fingerprint density at radius 3 is 2.52 bits per heavy atom. The van der Waals surface area contributed by atoms with E-state index in [4.69, 9.17) is 11.6 Å². The topological polar surface area (TPSA) is 44.4 Å². The van der Waals surface area contributed by atoms with E-state index in [1.54, 1.807) is 0 Å². The van der Waals surface area contributed by atoms with Crippen molar-refractivity contribution in [3.05, 3.63) is 34.9 Å². The molecule has 0 bridgehead atoms. The largest absolute Gasteiger partial charge is 0.353 e. The Morgan fingerprint density at radius 2 is 1.85 bits per heavy atom. The van der Waals surface area contributed by atoms with E-state index in [1.807, 2.05) is 32.0 Å². The van der Waals surface area contributed by atoms with Crippen molar-refractivity contribution >= 4 is 17.5 Å². The van der Waals surface area contributed by atoms with E-state index >= 15 is 0 Å². The SMILES string of the molecule is CC(C)NC(=O)[C@@H]1C[C@H](NC2CCCCCC2)CN1Cc1ccccc1Cl. The van der Waals surface area contributed by atoms with Crippen LogP contribution in [0.5, 0.6) is 0 Å². The fraction of sp³-hybridized carbons (Fsp3) is 0.682. The van der Waals surface area contributed by atoms with Crippen molar-refractivity contribution in [3.8, 4) is 0 Å². The monoisotopic (exact) mass is 391 g/mol. The molecule has 1 aliphatic heterocycles. The maximum atomic E-state index is 12.8. The first-order valence-corrected chi connectivity index (χ1v) is 10.9. The highest BCUT2D eigenvalue weighted by molar-refractivity contribution is 6.31. The summed E-state index contributed by atoms with van der Waals surface area (Å²) in [6.45, 7) is 5.66. The summed E-state index contributed by atoms with van der Waals surface area (Å²) in [5, 5.41) is 7.76. The van der Waals surface area contributed by atoms with E-state index in [0.717, 1.165) is 30.1 Å². The van der Waals surface area contributed by atoms with Crippen LogP contribution in [0.15, 0.2) is 24.3 Å². The van der Waals surface area contributed by atoms with Crippen LogP contribution in [0.2, 0.25) is 5.02 Å². The van der Waals surface area contributed by atoms with Crippen molar-refractivity contribution in [2.24, 2.45) is 0 Å². The molecule has 1 aromatic carbocycles.